The minimum absolute atomic E-state index is 0.146. The van der Waals surface area contributed by atoms with Crippen LogP contribution < -0.4 is 5.73 Å². The van der Waals surface area contributed by atoms with Crippen molar-refractivity contribution in [3.8, 4) is 0 Å². The van der Waals surface area contributed by atoms with Crippen molar-refractivity contribution in [1.82, 2.24) is 9.80 Å². The molecule has 1 amide bonds. The summed E-state index contributed by atoms with van der Waals surface area (Å²) in [7, 11) is 0. The Morgan fingerprint density at radius 1 is 1.45 bits per heavy atom. The van der Waals surface area contributed by atoms with Crippen LogP contribution >= 0.6 is 0 Å². The number of ether oxygens (including phenoxy) is 1. The van der Waals surface area contributed by atoms with Crippen molar-refractivity contribution in [1.29, 1.82) is 0 Å². The molecule has 0 spiro atoms. The lowest BCUT2D eigenvalue weighted by Gasteiger charge is -2.41. The van der Waals surface area contributed by atoms with E-state index in [1.807, 2.05) is 39.5 Å². The molecule has 1 aliphatic rings. The molecule has 0 aromatic rings. The first-order valence-corrected chi connectivity index (χ1v) is 7.68. The van der Waals surface area contributed by atoms with Crippen LogP contribution in [0.15, 0.2) is 0 Å². The minimum atomic E-state index is -0.449. The van der Waals surface area contributed by atoms with Crippen LogP contribution in [0.3, 0.4) is 0 Å². The van der Waals surface area contributed by atoms with Gasteiger partial charge in [0.1, 0.15) is 5.60 Å². The number of hydrogen-bond donors (Lipinski definition) is 1. The van der Waals surface area contributed by atoms with Gasteiger partial charge in [0.25, 0.3) is 0 Å². The molecule has 20 heavy (non-hydrogen) atoms. The average molecular weight is 285 g/mol. The van der Waals surface area contributed by atoms with Crippen molar-refractivity contribution < 1.29 is 9.53 Å². The first kappa shape index (κ1) is 17.2. The molecule has 2 N–H and O–H groups in total. The van der Waals surface area contributed by atoms with E-state index >= 15 is 0 Å². The molecule has 1 rings (SSSR count). The Morgan fingerprint density at radius 2 is 2.10 bits per heavy atom. The molecule has 0 saturated carbocycles. The smallest absolute Gasteiger partial charge is 0.410 e. The number of nitrogens with zero attached hydrogens (tertiary/aromatic N) is 2. The molecule has 1 aliphatic heterocycles. The number of amides is 1. The van der Waals surface area contributed by atoms with Gasteiger partial charge in [0, 0.05) is 31.7 Å². The molecule has 0 unspecified atom stereocenters. The number of hydrogen-bond acceptors (Lipinski definition) is 4. The zero-order valence-corrected chi connectivity index (χ0v) is 13.7. The molecule has 0 radical (unpaired) electrons. The zero-order chi connectivity index (χ0) is 15.3. The second-order valence-electron chi connectivity index (χ2n) is 6.87. The fourth-order valence-corrected chi connectivity index (χ4v) is 2.74. The summed E-state index contributed by atoms with van der Waals surface area (Å²) in [5.41, 5.74) is 5.19. The summed E-state index contributed by atoms with van der Waals surface area (Å²) in [6, 6.07) is 0.373. The third-order valence-corrected chi connectivity index (χ3v) is 3.48. The molecule has 118 valence electrons. The van der Waals surface area contributed by atoms with E-state index in [2.05, 4.69) is 4.90 Å². The average Bonchev–Trinajstić information content (AvgIpc) is 2.26. The van der Waals surface area contributed by atoms with Gasteiger partial charge in [0.15, 0.2) is 0 Å². The van der Waals surface area contributed by atoms with E-state index in [0.29, 0.717) is 6.54 Å². The van der Waals surface area contributed by atoms with Gasteiger partial charge in [-0.3, -0.25) is 0 Å². The van der Waals surface area contributed by atoms with Crippen molar-refractivity contribution in [3.63, 3.8) is 0 Å². The van der Waals surface area contributed by atoms with Crippen LogP contribution in [0.1, 0.15) is 47.5 Å². The quantitative estimate of drug-likeness (QED) is 0.859. The van der Waals surface area contributed by atoms with Gasteiger partial charge in [0.05, 0.1) is 0 Å². The largest absolute Gasteiger partial charge is 0.444 e. The highest BCUT2D eigenvalue weighted by Crippen LogP contribution is 2.21. The van der Waals surface area contributed by atoms with Gasteiger partial charge in [-0.05, 0) is 54.0 Å². The maximum absolute atomic E-state index is 12.4. The third kappa shape index (κ3) is 5.29. The predicted octanol–water partition coefficient (Wildman–Crippen LogP) is 2.05. The van der Waals surface area contributed by atoms with Crippen molar-refractivity contribution >= 4 is 6.09 Å². The van der Waals surface area contributed by atoms with Gasteiger partial charge >= 0.3 is 6.09 Å². The first-order chi connectivity index (χ1) is 9.24. The van der Waals surface area contributed by atoms with Crippen molar-refractivity contribution in [2.24, 2.45) is 5.73 Å². The lowest BCUT2D eigenvalue weighted by molar-refractivity contribution is -0.00202. The zero-order valence-electron chi connectivity index (χ0n) is 13.7. The maximum atomic E-state index is 12.4. The van der Waals surface area contributed by atoms with E-state index in [1.165, 1.54) is 0 Å². The maximum Gasteiger partial charge on any atom is 0.410 e. The van der Waals surface area contributed by atoms with E-state index in [-0.39, 0.29) is 18.2 Å². The standard InChI is InChI=1S/C15H31N3O2/c1-12(2)18(14(19)20-15(3,4)5)13-7-6-9-17(11-13)10-8-16/h12-13H,6-11,16H2,1-5H3/t13-/m1/s1. The number of nitrogens with two attached hydrogens (primary N) is 1. The molecule has 0 bridgehead atoms. The van der Waals surface area contributed by atoms with Gasteiger partial charge in [-0.2, -0.15) is 0 Å². The Labute approximate surface area is 123 Å². The molecular formula is C15H31N3O2. The summed E-state index contributed by atoms with van der Waals surface area (Å²) in [5.74, 6) is 0. The van der Waals surface area contributed by atoms with Crippen LogP contribution in [-0.2, 0) is 4.74 Å². The number of likely N-dealkylation sites (tertiary alicyclic amines) is 1. The lowest BCUT2D eigenvalue weighted by Crippen LogP contribution is -2.54. The summed E-state index contributed by atoms with van der Waals surface area (Å²) < 4.78 is 5.55. The molecule has 0 aliphatic carbocycles. The van der Waals surface area contributed by atoms with Crippen molar-refractivity contribution in [2.45, 2.75) is 65.1 Å². The molecule has 1 heterocycles. The van der Waals surface area contributed by atoms with Crippen LogP contribution in [0.25, 0.3) is 0 Å². The summed E-state index contributed by atoms with van der Waals surface area (Å²) in [6.45, 7) is 13.4. The topological polar surface area (TPSA) is 58.8 Å². The van der Waals surface area contributed by atoms with Crippen LogP contribution in [0.4, 0.5) is 4.79 Å². The van der Waals surface area contributed by atoms with E-state index in [1.54, 1.807) is 0 Å². The number of carbonyl (C=O) groups excluding carboxylic acids is 1. The Morgan fingerprint density at radius 3 is 2.60 bits per heavy atom. The van der Waals surface area contributed by atoms with E-state index in [0.717, 1.165) is 32.5 Å². The summed E-state index contributed by atoms with van der Waals surface area (Å²) in [6.07, 6.45) is 1.95. The highest BCUT2D eigenvalue weighted by molar-refractivity contribution is 5.69. The molecular weight excluding hydrogens is 254 g/mol. The second kappa shape index (κ2) is 7.27. The Hall–Kier alpha value is -0.810. The molecule has 0 aromatic heterocycles. The number of rotatable bonds is 4. The molecule has 5 heteroatoms. The highest BCUT2D eigenvalue weighted by atomic mass is 16.6. The van der Waals surface area contributed by atoms with Crippen molar-refractivity contribution in [3.05, 3.63) is 0 Å². The molecule has 5 nitrogen and oxygen atoms in total. The Balaban J connectivity index is 2.72. The Kier molecular flexibility index (Phi) is 6.27. The lowest BCUT2D eigenvalue weighted by atomic mass is 10.0. The first-order valence-electron chi connectivity index (χ1n) is 7.68. The normalized spacial score (nSPS) is 21.1. The van der Waals surface area contributed by atoms with Crippen LogP contribution in [-0.4, -0.2) is 59.8 Å². The van der Waals surface area contributed by atoms with Gasteiger partial charge in [0.2, 0.25) is 0 Å². The van der Waals surface area contributed by atoms with Gasteiger partial charge in [-0.25, -0.2) is 4.79 Å². The van der Waals surface area contributed by atoms with Crippen LogP contribution in [0.5, 0.6) is 0 Å². The van der Waals surface area contributed by atoms with Gasteiger partial charge in [-0.15, -0.1) is 0 Å². The third-order valence-electron chi connectivity index (χ3n) is 3.48. The molecule has 1 atom stereocenters. The summed E-state index contributed by atoms with van der Waals surface area (Å²) >= 11 is 0. The van der Waals surface area contributed by atoms with Crippen molar-refractivity contribution in [2.75, 3.05) is 26.2 Å². The van der Waals surface area contributed by atoms with Gasteiger partial charge in [-0.1, -0.05) is 0 Å². The molecule has 0 aromatic carbocycles. The Bertz CT molecular complexity index is 311. The second-order valence-corrected chi connectivity index (χ2v) is 6.87. The monoisotopic (exact) mass is 285 g/mol. The highest BCUT2D eigenvalue weighted by Gasteiger charge is 2.32. The van der Waals surface area contributed by atoms with E-state index in [9.17, 15) is 4.79 Å². The van der Waals surface area contributed by atoms with Gasteiger partial charge < -0.3 is 20.3 Å². The predicted molar refractivity (Wildman–Crippen MR) is 81.7 cm³/mol. The summed E-state index contributed by atoms with van der Waals surface area (Å²) in [4.78, 5) is 16.7. The summed E-state index contributed by atoms with van der Waals surface area (Å²) in [5, 5.41) is 0. The van der Waals surface area contributed by atoms with E-state index in [4.69, 9.17) is 10.5 Å². The molecule has 1 fully saturated rings. The van der Waals surface area contributed by atoms with Crippen LogP contribution in [0.2, 0.25) is 0 Å². The number of carbonyl (C=O) groups is 1. The molecule has 1 saturated heterocycles. The SMILES string of the molecule is CC(C)N(C(=O)OC(C)(C)C)[C@@H]1CCCN(CCN)C1. The fraction of sp³-hybridized carbons (Fsp3) is 0.933. The number of piperidine rings is 1. The van der Waals surface area contributed by atoms with E-state index < -0.39 is 5.60 Å². The minimum Gasteiger partial charge on any atom is -0.444 e. The van der Waals surface area contributed by atoms with Crippen LogP contribution in [0, 0.1) is 0 Å². The fourth-order valence-electron chi connectivity index (χ4n) is 2.74.